The first kappa shape index (κ1) is 15.3. The van der Waals surface area contributed by atoms with Crippen LogP contribution in [0.5, 0.6) is 5.75 Å². The first-order valence-electron chi connectivity index (χ1n) is 6.08. The number of halogens is 2. The molecule has 0 unspecified atom stereocenters. The Hall–Kier alpha value is -1.74. The molecule has 0 amide bonds. The maximum atomic E-state index is 13.2. The molecule has 102 valence electrons. The van der Waals surface area contributed by atoms with Gasteiger partial charge in [0.15, 0.2) is 0 Å². The van der Waals surface area contributed by atoms with Gasteiger partial charge in [-0.1, -0.05) is 43.6 Å². The molecule has 4 heteroatoms. The van der Waals surface area contributed by atoms with Crippen molar-refractivity contribution in [2.45, 2.75) is 20.5 Å². The largest absolute Gasteiger partial charge is 0.489 e. The van der Waals surface area contributed by atoms with E-state index in [1.165, 1.54) is 12.1 Å². The quantitative estimate of drug-likeness (QED) is 0.830. The van der Waals surface area contributed by atoms with Gasteiger partial charge in [0.05, 0.1) is 5.69 Å². The standard InChI is InChI=1S/C13H11ClFNO.C2H6/c14-11-7-13(16)12(15)6-9(11)8-17-10-4-2-1-3-5-10;1-2/h1-7H,8,16H2;1-2H3. The van der Waals surface area contributed by atoms with Gasteiger partial charge < -0.3 is 10.5 Å². The number of hydrogen-bond acceptors (Lipinski definition) is 2. The second-order valence-electron chi connectivity index (χ2n) is 3.57. The molecule has 2 rings (SSSR count). The van der Waals surface area contributed by atoms with Crippen molar-refractivity contribution in [2.75, 3.05) is 5.73 Å². The maximum absolute atomic E-state index is 13.2. The lowest BCUT2D eigenvalue weighted by molar-refractivity contribution is 0.305. The van der Waals surface area contributed by atoms with Crippen LogP contribution in [-0.4, -0.2) is 0 Å². The Kier molecular flexibility index (Phi) is 6.16. The summed E-state index contributed by atoms with van der Waals surface area (Å²) in [6, 6.07) is 11.9. The summed E-state index contributed by atoms with van der Waals surface area (Å²) in [5.41, 5.74) is 6.01. The summed E-state index contributed by atoms with van der Waals surface area (Å²) in [6.45, 7) is 4.21. The molecule has 0 aromatic heterocycles. The highest BCUT2D eigenvalue weighted by molar-refractivity contribution is 6.31. The average Bonchev–Trinajstić information content (AvgIpc) is 2.45. The molecule has 0 aliphatic heterocycles. The summed E-state index contributed by atoms with van der Waals surface area (Å²) < 4.78 is 18.7. The fourth-order valence-corrected chi connectivity index (χ4v) is 1.62. The van der Waals surface area contributed by atoms with Crippen molar-refractivity contribution in [3.8, 4) is 5.75 Å². The minimum Gasteiger partial charge on any atom is -0.489 e. The van der Waals surface area contributed by atoms with Crippen molar-refractivity contribution < 1.29 is 9.13 Å². The van der Waals surface area contributed by atoms with Crippen molar-refractivity contribution in [3.05, 3.63) is 58.9 Å². The number of anilines is 1. The van der Waals surface area contributed by atoms with Gasteiger partial charge in [-0.15, -0.1) is 0 Å². The van der Waals surface area contributed by atoms with Crippen LogP contribution >= 0.6 is 11.6 Å². The second-order valence-corrected chi connectivity index (χ2v) is 3.97. The van der Waals surface area contributed by atoms with E-state index in [0.29, 0.717) is 16.3 Å². The van der Waals surface area contributed by atoms with Gasteiger partial charge in [0.2, 0.25) is 0 Å². The van der Waals surface area contributed by atoms with Gasteiger partial charge in [-0.3, -0.25) is 0 Å². The van der Waals surface area contributed by atoms with Gasteiger partial charge in [0.1, 0.15) is 18.2 Å². The van der Waals surface area contributed by atoms with E-state index in [9.17, 15) is 4.39 Å². The number of ether oxygens (including phenoxy) is 1. The fourth-order valence-electron chi connectivity index (χ4n) is 1.39. The topological polar surface area (TPSA) is 35.2 Å². The van der Waals surface area contributed by atoms with E-state index < -0.39 is 5.82 Å². The zero-order valence-electron chi connectivity index (χ0n) is 11.0. The lowest BCUT2D eigenvalue weighted by Crippen LogP contribution is -1.99. The Morgan fingerprint density at radius 3 is 2.42 bits per heavy atom. The average molecular weight is 282 g/mol. The molecule has 0 aliphatic carbocycles. The van der Waals surface area contributed by atoms with Gasteiger partial charge in [0.25, 0.3) is 0 Å². The normalized spacial score (nSPS) is 9.47. The molecule has 2 aromatic carbocycles. The van der Waals surface area contributed by atoms with Gasteiger partial charge in [-0.2, -0.15) is 0 Å². The molecule has 0 aliphatic rings. The van der Waals surface area contributed by atoms with Gasteiger partial charge in [-0.05, 0) is 24.3 Å². The molecule has 0 spiro atoms. The Morgan fingerprint density at radius 1 is 1.16 bits per heavy atom. The predicted octanol–water partition coefficient (Wildman–Crippen LogP) is 4.67. The summed E-state index contributed by atoms with van der Waals surface area (Å²) >= 11 is 5.94. The highest BCUT2D eigenvalue weighted by Gasteiger charge is 2.07. The molecule has 0 saturated heterocycles. The van der Waals surface area contributed by atoms with Crippen molar-refractivity contribution in [1.82, 2.24) is 0 Å². The summed E-state index contributed by atoms with van der Waals surface area (Å²) in [7, 11) is 0. The number of hydrogen-bond donors (Lipinski definition) is 1. The number of nitrogens with two attached hydrogens (primary N) is 1. The monoisotopic (exact) mass is 281 g/mol. The SMILES string of the molecule is CC.Nc1cc(Cl)c(COc2ccccc2)cc1F. The van der Waals surface area contributed by atoms with E-state index in [1.54, 1.807) is 0 Å². The van der Waals surface area contributed by atoms with Crippen molar-refractivity contribution in [2.24, 2.45) is 0 Å². The van der Waals surface area contributed by atoms with Crippen LogP contribution in [0.25, 0.3) is 0 Å². The number of nitrogen functional groups attached to an aromatic ring is 1. The lowest BCUT2D eigenvalue weighted by Gasteiger charge is -2.08. The molecule has 19 heavy (non-hydrogen) atoms. The fraction of sp³-hybridized carbons (Fsp3) is 0.200. The molecule has 2 nitrogen and oxygen atoms in total. The van der Waals surface area contributed by atoms with Crippen LogP contribution < -0.4 is 10.5 Å². The summed E-state index contributed by atoms with van der Waals surface area (Å²) in [6.07, 6.45) is 0. The highest BCUT2D eigenvalue weighted by atomic mass is 35.5. The third kappa shape index (κ3) is 4.45. The Bertz CT molecular complexity index is 517. The van der Waals surface area contributed by atoms with Crippen LogP contribution in [0.2, 0.25) is 5.02 Å². The smallest absolute Gasteiger partial charge is 0.146 e. The molecule has 0 radical (unpaired) electrons. The summed E-state index contributed by atoms with van der Waals surface area (Å²) in [4.78, 5) is 0. The minimum absolute atomic E-state index is 0.0402. The van der Waals surface area contributed by atoms with Crippen molar-refractivity contribution in [3.63, 3.8) is 0 Å². The number of rotatable bonds is 3. The zero-order chi connectivity index (χ0) is 14.3. The predicted molar refractivity (Wildman–Crippen MR) is 77.9 cm³/mol. The molecular weight excluding hydrogens is 265 g/mol. The third-order valence-corrected chi connectivity index (χ3v) is 2.66. The second kappa shape index (κ2) is 7.64. The maximum Gasteiger partial charge on any atom is 0.146 e. The van der Waals surface area contributed by atoms with Gasteiger partial charge in [0, 0.05) is 10.6 Å². The lowest BCUT2D eigenvalue weighted by atomic mass is 10.2. The molecule has 0 fully saturated rings. The number of benzene rings is 2. The number of para-hydroxylation sites is 1. The molecule has 0 saturated carbocycles. The van der Waals surface area contributed by atoms with E-state index >= 15 is 0 Å². The van der Waals surface area contributed by atoms with Crippen LogP contribution in [0, 0.1) is 5.82 Å². The van der Waals surface area contributed by atoms with Crippen molar-refractivity contribution >= 4 is 17.3 Å². The Morgan fingerprint density at radius 2 is 1.79 bits per heavy atom. The molecular formula is C15H17ClFNO. The van der Waals surface area contributed by atoms with E-state index in [1.807, 2.05) is 44.2 Å². The van der Waals surface area contributed by atoms with E-state index in [2.05, 4.69) is 0 Å². The minimum atomic E-state index is -0.485. The van der Waals surface area contributed by atoms with Crippen LogP contribution in [0.1, 0.15) is 19.4 Å². The summed E-state index contributed by atoms with van der Waals surface area (Å²) in [5, 5.41) is 0.403. The first-order chi connectivity index (χ1) is 9.16. The van der Waals surface area contributed by atoms with E-state index in [-0.39, 0.29) is 12.3 Å². The molecule has 2 N–H and O–H groups in total. The third-order valence-electron chi connectivity index (χ3n) is 2.30. The van der Waals surface area contributed by atoms with Crippen molar-refractivity contribution in [1.29, 1.82) is 0 Å². The zero-order valence-corrected chi connectivity index (χ0v) is 11.7. The first-order valence-corrected chi connectivity index (χ1v) is 6.46. The van der Waals surface area contributed by atoms with Crippen LogP contribution in [0.3, 0.4) is 0 Å². The van der Waals surface area contributed by atoms with Crippen LogP contribution in [0.15, 0.2) is 42.5 Å². The van der Waals surface area contributed by atoms with E-state index in [0.717, 1.165) is 0 Å². The molecule has 0 bridgehead atoms. The molecule has 0 atom stereocenters. The molecule has 2 aromatic rings. The summed E-state index contributed by atoms with van der Waals surface area (Å²) in [5.74, 6) is 0.224. The highest BCUT2D eigenvalue weighted by Crippen LogP contribution is 2.23. The van der Waals surface area contributed by atoms with Crippen LogP contribution in [0.4, 0.5) is 10.1 Å². The Labute approximate surface area is 118 Å². The van der Waals surface area contributed by atoms with Gasteiger partial charge in [-0.25, -0.2) is 4.39 Å². The Balaban J connectivity index is 0.000000861. The van der Waals surface area contributed by atoms with Gasteiger partial charge >= 0.3 is 0 Å². The van der Waals surface area contributed by atoms with E-state index in [4.69, 9.17) is 22.1 Å². The van der Waals surface area contributed by atoms with Crippen LogP contribution in [-0.2, 0) is 6.61 Å². The molecule has 0 heterocycles.